The van der Waals surface area contributed by atoms with Gasteiger partial charge in [-0.15, -0.1) is 0 Å². The summed E-state index contributed by atoms with van der Waals surface area (Å²) in [5.74, 6) is 0.161. The smallest absolute Gasteiger partial charge is 0.292 e. The third-order valence-corrected chi connectivity index (χ3v) is 3.34. The van der Waals surface area contributed by atoms with E-state index in [2.05, 4.69) is 10.6 Å². The molecule has 0 aliphatic carbocycles. The molecule has 7 nitrogen and oxygen atoms in total. The first-order valence-electron chi connectivity index (χ1n) is 7.17. The molecule has 0 saturated heterocycles. The van der Waals surface area contributed by atoms with Crippen molar-refractivity contribution in [2.45, 2.75) is 0 Å². The largest absolute Gasteiger partial charge is 0.496 e. The molecule has 0 radical (unpaired) electrons. The topological polar surface area (TPSA) is 93.5 Å². The Morgan fingerprint density at radius 3 is 2.60 bits per heavy atom. The summed E-state index contributed by atoms with van der Waals surface area (Å²) in [6.07, 6.45) is 2.88. The second-order valence-electron chi connectivity index (χ2n) is 4.79. The molecule has 0 bridgehead atoms. The van der Waals surface area contributed by atoms with E-state index in [4.69, 9.17) is 17.0 Å². The number of methoxy groups -OCH3 is 1. The predicted octanol–water partition coefficient (Wildman–Crippen LogP) is 3.13. The van der Waals surface area contributed by atoms with Crippen molar-refractivity contribution in [1.82, 2.24) is 5.32 Å². The molecule has 128 valence electrons. The first-order chi connectivity index (χ1) is 12.0. The minimum absolute atomic E-state index is 0.0380. The van der Waals surface area contributed by atoms with Gasteiger partial charge in [0.2, 0.25) is 5.91 Å². The van der Waals surface area contributed by atoms with Crippen LogP contribution < -0.4 is 15.4 Å². The zero-order valence-electron chi connectivity index (χ0n) is 13.3. The van der Waals surface area contributed by atoms with Gasteiger partial charge < -0.3 is 10.1 Å². The van der Waals surface area contributed by atoms with Crippen molar-refractivity contribution in [2.75, 3.05) is 12.4 Å². The Kier molecular flexibility index (Phi) is 6.19. The average molecular weight is 357 g/mol. The molecular formula is C17H15N3O4S. The Bertz CT molecular complexity index is 836. The molecule has 0 unspecified atom stereocenters. The minimum atomic E-state index is -0.533. The maximum Gasteiger partial charge on any atom is 0.292 e. The molecule has 0 saturated carbocycles. The lowest BCUT2D eigenvalue weighted by molar-refractivity contribution is -0.383. The van der Waals surface area contributed by atoms with Gasteiger partial charge in [0, 0.05) is 17.7 Å². The summed E-state index contributed by atoms with van der Waals surface area (Å²) in [6, 6.07) is 13.2. The summed E-state index contributed by atoms with van der Waals surface area (Å²) >= 11 is 5.01. The Balaban J connectivity index is 2.00. The van der Waals surface area contributed by atoms with Crippen LogP contribution in [-0.4, -0.2) is 23.1 Å². The number of hydrogen-bond donors (Lipinski definition) is 2. The maximum absolute atomic E-state index is 11.9. The number of nitrogens with one attached hydrogen (secondary N) is 2. The van der Waals surface area contributed by atoms with Gasteiger partial charge in [0.05, 0.1) is 12.0 Å². The normalized spacial score (nSPS) is 10.3. The van der Waals surface area contributed by atoms with Crippen molar-refractivity contribution in [3.8, 4) is 5.75 Å². The van der Waals surface area contributed by atoms with Crippen LogP contribution in [0.4, 0.5) is 11.4 Å². The van der Waals surface area contributed by atoms with E-state index >= 15 is 0 Å². The number of benzene rings is 2. The second kappa shape index (κ2) is 8.55. The maximum atomic E-state index is 11.9. The van der Waals surface area contributed by atoms with Crippen molar-refractivity contribution in [2.24, 2.45) is 0 Å². The fourth-order valence-corrected chi connectivity index (χ4v) is 2.23. The molecule has 0 fully saturated rings. The molecule has 2 aromatic rings. The first-order valence-corrected chi connectivity index (χ1v) is 7.58. The highest BCUT2D eigenvalue weighted by atomic mass is 32.1. The lowest BCUT2D eigenvalue weighted by Gasteiger charge is -2.08. The molecule has 8 heteroatoms. The van der Waals surface area contributed by atoms with Crippen molar-refractivity contribution in [3.05, 3.63) is 70.3 Å². The highest BCUT2D eigenvalue weighted by Gasteiger charge is 2.13. The van der Waals surface area contributed by atoms with E-state index in [9.17, 15) is 14.9 Å². The number of amides is 1. The molecule has 0 spiro atoms. The van der Waals surface area contributed by atoms with Gasteiger partial charge in [-0.05, 0) is 30.4 Å². The van der Waals surface area contributed by atoms with Crippen LogP contribution in [0.15, 0.2) is 54.6 Å². The van der Waals surface area contributed by atoms with E-state index in [-0.39, 0.29) is 16.5 Å². The number of nitro benzene ring substituents is 1. The van der Waals surface area contributed by atoms with Gasteiger partial charge in [-0.1, -0.05) is 30.3 Å². The summed E-state index contributed by atoms with van der Waals surface area (Å²) in [4.78, 5) is 22.4. The lowest BCUT2D eigenvalue weighted by Crippen LogP contribution is -2.33. The Morgan fingerprint density at radius 2 is 1.88 bits per heavy atom. The third kappa shape index (κ3) is 5.11. The number of hydrogen-bond acceptors (Lipinski definition) is 5. The number of nitro groups is 1. The van der Waals surface area contributed by atoms with Gasteiger partial charge in [0.1, 0.15) is 11.4 Å². The monoisotopic (exact) mass is 357 g/mol. The first kappa shape index (κ1) is 18.1. The average Bonchev–Trinajstić information content (AvgIpc) is 2.60. The van der Waals surface area contributed by atoms with Gasteiger partial charge in [-0.25, -0.2) is 0 Å². The van der Waals surface area contributed by atoms with Crippen molar-refractivity contribution in [1.29, 1.82) is 0 Å². The van der Waals surface area contributed by atoms with Gasteiger partial charge in [0.15, 0.2) is 5.11 Å². The molecule has 1 amide bonds. The zero-order chi connectivity index (χ0) is 18.2. The van der Waals surface area contributed by atoms with Gasteiger partial charge >= 0.3 is 0 Å². The number of nitrogens with zero attached hydrogens (tertiary/aromatic N) is 1. The minimum Gasteiger partial charge on any atom is -0.496 e. The summed E-state index contributed by atoms with van der Waals surface area (Å²) in [5, 5.41) is 16.0. The van der Waals surface area contributed by atoms with Gasteiger partial charge in [-0.2, -0.15) is 0 Å². The predicted molar refractivity (Wildman–Crippen MR) is 99.5 cm³/mol. The molecule has 0 atom stereocenters. The molecule has 0 aliphatic rings. The van der Waals surface area contributed by atoms with Crippen molar-refractivity contribution < 1.29 is 14.5 Å². The fourth-order valence-electron chi connectivity index (χ4n) is 2.02. The van der Waals surface area contributed by atoms with Crippen LogP contribution in [0.5, 0.6) is 5.75 Å². The van der Waals surface area contributed by atoms with Crippen LogP contribution in [0.1, 0.15) is 5.56 Å². The molecule has 0 heterocycles. The van der Waals surface area contributed by atoms with E-state index in [1.165, 1.54) is 18.2 Å². The molecule has 2 N–H and O–H groups in total. The van der Waals surface area contributed by atoms with Crippen LogP contribution >= 0.6 is 12.2 Å². The molecular weight excluding hydrogens is 342 g/mol. The molecule has 0 aliphatic heterocycles. The zero-order valence-corrected chi connectivity index (χ0v) is 14.1. The fraction of sp³-hybridized carbons (Fsp3) is 0.0588. The summed E-state index contributed by atoms with van der Waals surface area (Å²) in [5.41, 5.74) is 0.799. The summed E-state index contributed by atoms with van der Waals surface area (Å²) in [7, 11) is 1.54. The highest BCUT2D eigenvalue weighted by Crippen LogP contribution is 2.23. The van der Waals surface area contributed by atoms with Crippen LogP contribution in [0.3, 0.4) is 0 Å². The molecule has 2 rings (SSSR count). The highest BCUT2D eigenvalue weighted by molar-refractivity contribution is 7.80. The Hall–Kier alpha value is -3.26. The third-order valence-electron chi connectivity index (χ3n) is 3.14. The van der Waals surface area contributed by atoms with Gasteiger partial charge in [-0.3, -0.25) is 20.2 Å². The number of carbonyl (C=O) groups is 1. The van der Waals surface area contributed by atoms with E-state index in [0.29, 0.717) is 5.75 Å². The van der Waals surface area contributed by atoms with Crippen LogP contribution in [-0.2, 0) is 4.79 Å². The van der Waals surface area contributed by atoms with Crippen molar-refractivity contribution >= 4 is 40.7 Å². The number of anilines is 1. The Morgan fingerprint density at radius 1 is 1.20 bits per heavy atom. The number of ether oxygens (including phenoxy) is 1. The molecule has 2 aromatic carbocycles. The van der Waals surface area contributed by atoms with E-state index in [1.807, 2.05) is 12.1 Å². The second-order valence-corrected chi connectivity index (χ2v) is 5.20. The van der Waals surface area contributed by atoms with E-state index < -0.39 is 10.8 Å². The van der Waals surface area contributed by atoms with Crippen LogP contribution in [0, 0.1) is 10.1 Å². The standard InChI is InChI=1S/C17H15N3O4S/c1-24-15-9-5-2-6-12(15)10-11-16(21)19-17(25)18-13-7-3-4-8-14(13)20(22)23/h2-11H,1H3,(H2,18,19,21,25)/b11-10+. The van der Waals surface area contributed by atoms with Crippen molar-refractivity contribution in [3.63, 3.8) is 0 Å². The SMILES string of the molecule is COc1ccccc1/C=C/C(=O)NC(=S)Nc1ccccc1[N+](=O)[O-]. The Labute approximate surface area is 149 Å². The molecule has 0 aromatic heterocycles. The summed E-state index contributed by atoms with van der Waals surface area (Å²) < 4.78 is 5.19. The van der Waals surface area contributed by atoms with Crippen LogP contribution in [0.25, 0.3) is 6.08 Å². The number of carbonyl (C=O) groups excluding carboxylic acids is 1. The van der Waals surface area contributed by atoms with E-state index in [1.54, 1.807) is 37.5 Å². The summed E-state index contributed by atoms with van der Waals surface area (Å²) in [6.45, 7) is 0. The number of para-hydroxylation sites is 3. The quantitative estimate of drug-likeness (QED) is 0.370. The van der Waals surface area contributed by atoms with Crippen LogP contribution in [0.2, 0.25) is 0 Å². The van der Waals surface area contributed by atoms with Gasteiger partial charge in [0.25, 0.3) is 5.69 Å². The lowest BCUT2D eigenvalue weighted by atomic mass is 10.2. The molecule has 25 heavy (non-hydrogen) atoms. The number of rotatable bonds is 5. The number of thiocarbonyl (C=S) groups is 1. The van der Waals surface area contributed by atoms with E-state index in [0.717, 1.165) is 5.56 Å².